The van der Waals surface area contributed by atoms with Gasteiger partial charge < -0.3 is 10.1 Å². The molecular weight excluding hydrogens is 337 g/mol. The molecule has 1 N–H and O–H groups in total. The van der Waals surface area contributed by atoms with E-state index >= 15 is 0 Å². The maximum atomic E-state index is 12.1. The predicted molar refractivity (Wildman–Crippen MR) is 82.4 cm³/mol. The number of hydrogen-bond donors (Lipinski definition) is 1. The Balaban J connectivity index is 1.65. The second-order valence-corrected chi connectivity index (χ2v) is 4.89. The normalized spacial score (nSPS) is 11.2. The van der Waals surface area contributed by atoms with Gasteiger partial charge in [0.05, 0.1) is 18.1 Å². The minimum absolute atomic E-state index is 0.201. The van der Waals surface area contributed by atoms with E-state index in [-0.39, 0.29) is 11.3 Å². The number of aromatic nitrogens is 3. The van der Waals surface area contributed by atoms with Crippen molar-refractivity contribution in [3.63, 3.8) is 0 Å². The molecule has 0 atom stereocenters. The maximum absolute atomic E-state index is 12.1. The van der Waals surface area contributed by atoms with Crippen molar-refractivity contribution in [1.82, 2.24) is 15.0 Å². The third-order valence-corrected chi connectivity index (χ3v) is 3.12. The summed E-state index contributed by atoms with van der Waals surface area (Å²) >= 11 is 0. The van der Waals surface area contributed by atoms with Crippen molar-refractivity contribution in [1.29, 1.82) is 0 Å². The van der Waals surface area contributed by atoms with Gasteiger partial charge in [0, 0.05) is 11.3 Å². The standard InChI is InChI=1S/C16H11F3N4O2/c17-16(18,19)25-14-7-1-11(2-8-14)15(24)22-12-3-5-13(6-4-12)23-20-9-10-21-23/h1-10H,(H,22,24). The summed E-state index contributed by atoms with van der Waals surface area (Å²) in [6, 6.07) is 11.4. The van der Waals surface area contributed by atoms with Crippen LogP contribution >= 0.6 is 0 Å². The first-order valence-electron chi connectivity index (χ1n) is 7.05. The lowest BCUT2D eigenvalue weighted by Crippen LogP contribution is -2.17. The number of anilines is 1. The fourth-order valence-corrected chi connectivity index (χ4v) is 2.04. The summed E-state index contributed by atoms with van der Waals surface area (Å²) in [6.45, 7) is 0. The van der Waals surface area contributed by atoms with Crippen LogP contribution < -0.4 is 10.1 Å². The molecule has 0 saturated heterocycles. The molecule has 0 spiro atoms. The largest absolute Gasteiger partial charge is 0.573 e. The van der Waals surface area contributed by atoms with E-state index in [9.17, 15) is 18.0 Å². The second-order valence-electron chi connectivity index (χ2n) is 4.89. The summed E-state index contributed by atoms with van der Waals surface area (Å²) in [4.78, 5) is 13.5. The summed E-state index contributed by atoms with van der Waals surface area (Å²) < 4.78 is 40.1. The molecule has 3 rings (SSSR count). The van der Waals surface area contributed by atoms with Crippen LogP contribution in [0.25, 0.3) is 5.69 Å². The van der Waals surface area contributed by atoms with E-state index in [1.807, 2.05) is 0 Å². The molecule has 1 aromatic heterocycles. The quantitative estimate of drug-likeness (QED) is 0.784. The van der Waals surface area contributed by atoms with Gasteiger partial charge in [-0.05, 0) is 48.5 Å². The molecule has 128 valence electrons. The molecule has 0 unspecified atom stereocenters. The third kappa shape index (κ3) is 4.34. The fourth-order valence-electron chi connectivity index (χ4n) is 2.04. The summed E-state index contributed by atoms with van der Waals surface area (Å²) in [5, 5.41) is 10.6. The molecule has 0 radical (unpaired) electrons. The van der Waals surface area contributed by atoms with Gasteiger partial charge in [-0.15, -0.1) is 13.2 Å². The Labute approximate surface area is 139 Å². The highest BCUT2D eigenvalue weighted by atomic mass is 19.4. The molecule has 0 aliphatic heterocycles. The highest BCUT2D eigenvalue weighted by Crippen LogP contribution is 2.23. The van der Waals surface area contributed by atoms with E-state index < -0.39 is 12.3 Å². The Hall–Kier alpha value is -3.36. The number of amides is 1. The topological polar surface area (TPSA) is 69.0 Å². The van der Waals surface area contributed by atoms with Gasteiger partial charge in [0.15, 0.2) is 0 Å². The number of alkyl halides is 3. The van der Waals surface area contributed by atoms with Crippen molar-refractivity contribution in [2.45, 2.75) is 6.36 Å². The lowest BCUT2D eigenvalue weighted by molar-refractivity contribution is -0.274. The smallest absolute Gasteiger partial charge is 0.406 e. The van der Waals surface area contributed by atoms with Gasteiger partial charge in [0.25, 0.3) is 5.91 Å². The molecule has 0 aliphatic carbocycles. The van der Waals surface area contributed by atoms with Gasteiger partial charge in [0.2, 0.25) is 0 Å². The predicted octanol–water partition coefficient (Wildman–Crippen LogP) is 3.42. The Morgan fingerprint density at radius 2 is 1.56 bits per heavy atom. The monoisotopic (exact) mass is 348 g/mol. The lowest BCUT2D eigenvalue weighted by Gasteiger charge is -2.09. The molecule has 3 aromatic rings. The van der Waals surface area contributed by atoms with Gasteiger partial charge in [-0.2, -0.15) is 15.0 Å². The molecule has 9 heteroatoms. The number of nitrogens with zero attached hydrogens (tertiary/aromatic N) is 3. The maximum Gasteiger partial charge on any atom is 0.573 e. The summed E-state index contributed by atoms with van der Waals surface area (Å²) in [5.41, 5.74) is 1.44. The van der Waals surface area contributed by atoms with Gasteiger partial charge in [-0.3, -0.25) is 4.79 Å². The average Bonchev–Trinajstić information content (AvgIpc) is 3.09. The number of hydrogen-bond acceptors (Lipinski definition) is 4. The molecule has 2 aromatic carbocycles. The van der Waals surface area contributed by atoms with Crippen LogP contribution in [-0.4, -0.2) is 27.3 Å². The zero-order chi connectivity index (χ0) is 17.9. The second kappa shape index (κ2) is 6.63. The van der Waals surface area contributed by atoms with Crippen LogP contribution in [0.1, 0.15) is 10.4 Å². The summed E-state index contributed by atoms with van der Waals surface area (Å²) in [7, 11) is 0. The number of halogens is 3. The molecule has 0 aliphatic rings. The zero-order valence-electron chi connectivity index (χ0n) is 12.6. The number of carbonyl (C=O) groups is 1. The van der Waals surface area contributed by atoms with Crippen LogP contribution in [0.4, 0.5) is 18.9 Å². The number of nitrogens with one attached hydrogen (secondary N) is 1. The number of rotatable bonds is 4. The van der Waals surface area contributed by atoms with Crippen molar-refractivity contribution in [2.75, 3.05) is 5.32 Å². The van der Waals surface area contributed by atoms with Crippen LogP contribution in [0.2, 0.25) is 0 Å². The van der Waals surface area contributed by atoms with E-state index in [1.165, 1.54) is 16.9 Å². The molecule has 1 heterocycles. The zero-order valence-corrected chi connectivity index (χ0v) is 12.6. The Morgan fingerprint density at radius 1 is 0.960 bits per heavy atom. The van der Waals surface area contributed by atoms with Crippen molar-refractivity contribution in [3.8, 4) is 11.4 Å². The molecule has 6 nitrogen and oxygen atoms in total. The molecule has 1 amide bonds. The van der Waals surface area contributed by atoms with E-state index in [0.29, 0.717) is 5.69 Å². The minimum atomic E-state index is -4.77. The lowest BCUT2D eigenvalue weighted by atomic mass is 10.2. The van der Waals surface area contributed by atoms with Crippen LogP contribution in [0.15, 0.2) is 60.9 Å². The molecule has 0 bridgehead atoms. The minimum Gasteiger partial charge on any atom is -0.406 e. The first-order valence-corrected chi connectivity index (χ1v) is 7.05. The number of carbonyl (C=O) groups excluding carboxylic acids is 1. The Bertz CT molecular complexity index is 845. The Morgan fingerprint density at radius 3 is 2.12 bits per heavy atom. The van der Waals surface area contributed by atoms with Gasteiger partial charge >= 0.3 is 6.36 Å². The highest BCUT2D eigenvalue weighted by molar-refractivity contribution is 6.04. The Kier molecular flexibility index (Phi) is 4.38. The van der Waals surface area contributed by atoms with Gasteiger partial charge in [-0.25, -0.2) is 0 Å². The molecular formula is C16H11F3N4O2. The van der Waals surface area contributed by atoms with Crippen LogP contribution in [0.5, 0.6) is 5.75 Å². The van der Waals surface area contributed by atoms with Crippen molar-refractivity contribution < 1.29 is 22.7 Å². The molecule has 0 saturated carbocycles. The van der Waals surface area contributed by atoms with Crippen LogP contribution in [-0.2, 0) is 0 Å². The highest BCUT2D eigenvalue weighted by Gasteiger charge is 2.31. The first-order chi connectivity index (χ1) is 11.9. The average molecular weight is 348 g/mol. The van der Waals surface area contributed by atoms with Crippen molar-refractivity contribution in [2.24, 2.45) is 0 Å². The SMILES string of the molecule is O=C(Nc1ccc(-n2nccn2)cc1)c1ccc(OC(F)(F)F)cc1. The number of ether oxygens (including phenoxy) is 1. The van der Waals surface area contributed by atoms with E-state index in [2.05, 4.69) is 20.3 Å². The van der Waals surface area contributed by atoms with Crippen LogP contribution in [0, 0.1) is 0 Å². The van der Waals surface area contributed by atoms with Gasteiger partial charge in [-0.1, -0.05) is 0 Å². The van der Waals surface area contributed by atoms with E-state index in [4.69, 9.17) is 0 Å². The molecule has 25 heavy (non-hydrogen) atoms. The summed E-state index contributed by atoms with van der Waals surface area (Å²) in [5.74, 6) is -0.844. The fraction of sp³-hybridized carbons (Fsp3) is 0.0625. The van der Waals surface area contributed by atoms with Crippen molar-refractivity contribution in [3.05, 3.63) is 66.5 Å². The van der Waals surface area contributed by atoms with E-state index in [1.54, 1.807) is 36.7 Å². The first kappa shape index (κ1) is 16.5. The number of benzene rings is 2. The molecule has 0 fully saturated rings. The van der Waals surface area contributed by atoms with Crippen molar-refractivity contribution >= 4 is 11.6 Å². The summed E-state index contributed by atoms with van der Waals surface area (Å²) in [6.07, 6.45) is -1.68. The third-order valence-electron chi connectivity index (χ3n) is 3.12. The van der Waals surface area contributed by atoms with Gasteiger partial charge in [0.1, 0.15) is 5.75 Å². The van der Waals surface area contributed by atoms with E-state index in [0.717, 1.165) is 17.8 Å². The van der Waals surface area contributed by atoms with Crippen LogP contribution in [0.3, 0.4) is 0 Å².